The monoisotopic (exact) mass is 902 g/mol. The summed E-state index contributed by atoms with van der Waals surface area (Å²) >= 11 is 0. The van der Waals surface area contributed by atoms with Gasteiger partial charge in [0.1, 0.15) is 73.2 Å². The molecule has 24 nitrogen and oxygen atoms in total. The van der Waals surface area contributed by atoms with Gasteiger partial charge in [0.25, 0.3) is 0 Å². The molecule has 25 atom stereocenters. The van der Waals surface area contributed by atoms with E-state index >= 15 is 0 Å². The van der Waals surface area contributed by atoms with Crippen molar-refractivity contribution in [2.24, 2.45) is 11.8 Å². The fourth-order valence-corrected chi connectivity index (χ4v) is 8.69. The van der Waals surface area contributed by atoms with E-state index in [4.69, 9.17) is 42.6 Å². The van der Waals surface area contributed by atoms with Gasteiger partial charge in [0.15, 0.2) is 31.5 Å². The molecule has 24 heteroatoms. The number of aliphatic hydroxyl groups is 11. The number of carbonyl (C=O) groups is 2. The number of nitrogens with one attached hydrogen (secondary N) is 2. The molecule has 0 aromatic heterocycles. The van der Waals surface area contributed by atoms with Crippen LogP contribution in [0, 0.1) is 11.8 Å². The summed E-state index contributed by atoms with van der Waals surface area (Å²) in [4.78, 5) is 24.7. The van der Waals surface area contributed by atoms with Gasteiger partial charge in [-0.05, 0) is 12.8 Å². The number of ether oxygens (including phenoxy) is 9. The molecule has 11 unspecified atom stereocenters. The van der Waals surface area contributed by atoms with Crippen LogP contribution in [-0.4, -0.2) is 229 Å². The van der Waals surface area contributed by atoms with Gasteiger partial charge in [-0.25, -0.2) is 0 Å². The molecule has 13 N–H and O–H groups in total. The lowest BCUT2D eigenvalue weighted by atomic mass is 9.85. The quantitative estimate of drug-likeness (QED) is 0.0727. The molecule has 0 aromatic rings. The second kappa shape index (κ2) is 22.1. The maximum absolute atomic E-state index is 12.7. The van der Waals surface area contributed by atoms with Crippen LogP contribution in [0.2, 0.25) is 0 Å². The van der Waals surface area contributed by atoms with Gasteiger partial charge in [0.05, 0.1) is 56.3 Å². The van der Waals surface area contributed by atoms with Crippen LogP contribution in [-0.2, 0) is 52.2 Å². The third kappa shape index (κ3) is 11.0. The number of rotatable bonds is 15. The lowest BCUT2D eigenvalue weighted by molar-refractivity contribution is -0.380. The van der Waals surface area contributed by atoms with E-state index in [-0.39, 0.29) is 6.42 Å². The Kier molecular flexibility index (Phi) is 18.2. The summed E-state index contributed by atoms with van der Waals surface area (Å²) in [5.74, 6) is -2.06. The molecule has 0 bridgehead atoms. The molecule has 0 aromatic carbocycles. The van der Waals surface area contributed by atoms with Crippen LogP contribution in [0.1, 0.15) is 54.4 Å². The van der Waals surface area contributed by atoms with Crippen LogP contribution in [0.15, 0.2) is 0 Å². The third-order valence-corrected chi connectivity index (χ3v) is 12.3. The summed E-state index contributed by atoms with van der Waals surface area (Å²) in [5, 5.41) is 122. The number of aliphatic hydroxyl groups excluding tert-OH is 11. The molecule has 360 valence electrons. The van der Waals surface area contributed by atoms with Crippen molar-refractivity contribution in [3.05, 3.63) is 0 Å². The Balaban J connectivity index is 1.41. The first kappa shape index (κ1) is 51.1. The molecular formula is C38H66N2O22. The lowest BCUT2D eigenvalue weighted by Gasteiger charge is -2.51. The second-order valence-corrected chi connectivity index (χ2v) is 16.6. The third-order valence-electron chi connectivity index (χ3n) is 12.3. The topological polar surface area (TPSA) is 364 Å². The van der Waals surface area contributed by atoms with E-state index < -0.39 is 185 Å². The molecule has 5 aliphatic rings. The van der Waals surface area contributed by atoms with E-state index in [0.29, 0.717) is 6.42 Å². The zero-order chi connectivity index (χ0) is 45.9. The maximum atomic E-state index is 12.7. The number of carbonyl (C=O) groups excluding carboxylic acids is 2. The predicted molar refractivity (Wildman–Crippen MR) is 202 cm³/mol. The van der Waals surface area contributed by atoms with E-state index in [1.165, 1.54) is 13.8 Å². The van der Waals surface area contributed by atoms with E-state index in [9.17, 15) is 65.8 Å². The van der Waals surface area contributed by atoms with Crippen molar-refractivity contribution in [3.8, 4) is 0 Å². The summed E-state index contributed by atoms with van der Waals surface area (Å²) < 4.78 is 53.9. The van der Waals surface area contributed by atoms with E-state index in [0.717, 1.165) is 0 Å². The van der Waals surface area contributed by atoms with Crippen LogP contribution < -0.4 is 10.6 Å². The standard InChI is InChI=1S/C38H66N2O22/c1-7-16-31(12(3)21(34(53)55-16)39-14(5)43)60-35-22(40-15(6)44)13(4)32(17(8-2)56-35)61-38-30(52)33(62-37-29(51)27(49)24(46)19(10-42)58-37)25(47)20(59-38)11-54-36-28(50)26(48)23(45)18(9-41)57-36/h12-13,16-38,41-42,45-53H,7-11H2,1-6H3,(H,39,43)(H,40,44)/t12-,13-,16?,17?,18?,19?,20?,21?,22?,23-,24+,25-,26?,27?,28-,29+,30?,31+,32+,33+,34?,35+,36+,37+,38+/m1/s1. The lowest BCUT2D eigenvalue weighted by Crippen LogP contribution is -2.67. The molecule has 5 rings (SSSR count). The van der Waals surface area contributed by atoms with Gasteiger partial charge >= 0.3 is 0 Å². The highest BCUT2D eigenvalue weighted by molar-refractivity contribution is 5.73. The summed E-state index contributed by atoms with van der Waals surface area (Å²) in [6, 6.07) is -1.77. The Labute approximate surface area is 357 Å². The van der Waals surface area contributed by atoms with Crippen LogP contribution in [0.25, 0.3) is 0 Å². The average Bonchev–Trinajstić information content (AvgIpc) is 3.23. The fourth-order valence-electron chi connectivity index (χ4n) is 8.69. The molecule has 5 saturated heterocycles. The first-order valence-electron chi connectivity index (χ1n) is 21.0. The minimum absolute atomic E-state index is 0.267. The molecule has 0 saturated carbocycles. The minimum Gasteiger partial charge on any atom is -0.394 e. The molecule has 5 heterocycles. The van der Waals surface area contributed by atoms with Crippen molar-refractivity contribution >= 4 is 11.8 Å². The summed E-state index contributed by atoms with van der Waals surface area (Å²) in [6.07, 6.45) is -31.2. The second-order valence-electron chi connectivity index (χ2n) is 16.6. The molecule has 0 radical (unpaired) electrons. The highest BCUT2D eigenvalue weighted by Gasteiger charge is 2.55. The fraction of sp³-hybridized carbons (Fsp3) is 0.947. The summed E-state index contributed by atoms with van der Waals surface area (Å²) in [6.45, 7) is 7.44. The zero-order valence-corrected chi connectivity index (χ0v) is 35.4. The van der Waals surface area contributed by atoms with Crippen molar-refractivity contribution in [1.29, 1.82) is 0 Å². The number of hydrogen-bond donors (Lipinski definition) is 13. The van der Waals surface area contributed by atoms with E-state index in [1.807, 2.05) is 6.92 Å². The van der Waals surface area contributed by atoms with Gasteiger partial charge in [0, 0.05) is 25.7 Å². The Bertz CT molecular complexity index is 1440. The Morgan fingerprint density at radius 1 is 0.484 bits per heavy atom. The van der Waals surface area contributed by atoms with Crippen molar-refractivity contribution in [1.82, 2.24) is 10.6 Å². The van der Waals surface area contributed by atoms with E-state index in [2.05, 4.69) is 10.6 Å². The molecule has 0 aliphatic carbocycles. The average molecular weight is 903 g/mol. The molecule has 62 heavy (non-hydrogen) atoms. The van der Waals surface area contributed by atoms with Gasteiger partial charge in [-0.2, -0.15) is 0 Å². The Hall–Kier alpha value is -1.86. The predicted octanol–water partition coefficient (Wildman–Crippen LogP) is -6.25. The Morgan fingerprint density at radius 3 is 1.44 bits per heavy atom. The van der Waals surface area contributed by atoms with Gasteiger partial charge in [-0.3, -0.25) is 9.59 Å². The van der Waals surface area contributed by atoms with Crippen LogP contribution >= 0.6 is 0 Å². The van der Waals surface area contributed by atoms with Gasteiger partial charge in [0.2, 0.25) is 11.8 Å². The van der Waals surface area contributed by atoms with Gasteiger partial charge in [-0.15, -0.1) is 0 Å². The van der Waals surface area contributed by atoms with E-state index in [1.54, 1.807) is 20.8 Å². The summed E-state index contributed by atoms with van der Waals surface area (Å²) in [5.41, 5.74) is 0. The minimum atomic E-state index is -1.95. The van der Waals surface area contributed by atoms with Gasteiger partial charge in [-0.1, -0.05) is 27.7 Å². The SMILES string of the molecule is CCC1OC(O)C(NC(C)=O)[C@@H](C)[C@@H]1O[C@@H]1OC(CC)[C@@H](O[C@@H]2OC(CO[C@H]3OC(CO)[C@@H](O)C(O)[C@H]3O)[C@@H](O)[C@H](O[C@@H]3OC(CO)[C@H](O)C(O)[C@@H]3O)C2O)[C@H](C)C1NC(C)=O. The molecular weight excluding hydrogens is 836 g/mol. The van der Waals surface area contributed by atoms with Crippen LogP contribution in [0.4, 0.5) is 0 Å². The van der Waals surface area contributed by atoms with Crippen molar-refractivity contribution in [2.45, 2.75) is 196 Å². The van der Waals surface area contributed by atoms with Crippen molar-refractivity contribution in [2.75, 3.05) is 19.8 Å². The maximum Gasteiger partial charge on any atom is 0.217 e. The first-order valence-corrected chi connectivity index (χ1v) is 21.0. The Morgan fingerprint density at radius 2 is 0.903 bits per heavy atom. The highest BCUT2D eigenvalue weighted by Crippen LogP contribution is 2.38. The van der Waals surface area contributed by atoms with Gasteiger partial charge < -0.3 is 109 Å². The largest absolute Gasteiger partial charge is 0.394 e. The molecule has 5 fully saturated rings. The number of hydrogen-bond acceptors (Lipinski definition) is 22. The van der Waals surface area contributed by atoms with Crippen molar-refractivity contribution in [3.63, 3.8) is 0 Å². The van der Waals surface area contributed by atoms with Crippen molar-refractivity contribution < 1.29 is 108 Å². The number of amides is 2. The smallest absolute Gasteiger partial charge is 0.217 e. The van der Waals surface area contributed by atoms with Crippen LogP contribution in [0.3, 0.4) is 0 Å². The summed E-state index contributed by atoms with van der Waals surface area (Å²) in [7, 11) is 0. The molecule has 2 amide bonds. The highest BCUT2D eigenvalue weighted by atomic mass is 16.8. The first-order chi connectivity index (χ1) is 29.3. The molecule has 0 spiro atoms. The normalized spacial score (nSPS) is 49.0. The molecule has 5 aliphatic heterocycles. The van der Waals surface area contributed by atoms with Crippen LogP contribution in [0.5, 0.6) is 0 Å². The zero-order valence-electron chi connectivity index (χ0n) is 35.4.